The van der Waals surface area contributed by atoms with Crippen LogP contribution in [0.15, 0.2) is 6.07 Å². The zero-order valence-electron chi connectivity index (χ0n) is 12.2. The molecule has 116 valence electrons. The fourth-order valence-electron chi connectivity index (χ4n) is 3.14. The number of aromatic nitrogens is 2. The summed E-state index contributed by atoms with van der Waals surface area (Å²) < 4.78 is 13.2. The van der Waals surface area contributed by atoms with E-state index in [-0.39, 0.29) is 0 Å². The third-order valence-corrected chi connectivity index (χ3v) is 4.56. The molecular formula is C15H22ClFN4. The number of anilines is 2. The van der Waals surface area contributed by atoms with Gasteiger partial charge in [0.2, 0.25) is 5.95 Å². The van der Waals surface area contributed by atoms with Crippen molar-refractivity contribution >= 4 is 23.4 Å². The van der Waals surface area contributed by atoms with Crippen molar-refractivity contribution in [3.05, 3.63) is 11.2 Å². The number of hydrogen-bond donors (Lipinski definition) is 1. The van der Waals surface area contributed by atoms with E-state index in [0.29, 0.717) is 43.1 Å². The minimum atomic E-state index is -0.682. The lowest BCUT2D eigenvalue weighted by Gasteiger charge is -2.30. The fraction of sp³-hybridized carbons (Fsp3) is 0.733. The average molecular weight is 313 g/mol. The van der Waals surface area contributed by atoms with E-state index in [1.54, 1.807) is 6.07 Å². The molecule has 0 amide bonds. The minimum Gasteiger partial charge on any atom is -0.356 e. The van der Waals surface area contributed by atoms with Gasteiger partial charge in [-0.1, -0.05) is 30.9 Å². The molecule has 0 atom stereocenters. The van der Waals surface area contributed by atoms with E-state index in [1.807, 2.05) is 0 Å². The van der Waals surface area contributed by atoms with Crippen LogP contribution < -0.4 is 10.2 Å². The van der Waals surface area contributed by atoms with E-state index in [4.69, 9.17) is 11.6 Å². The van der Waals surface area contributed by atoms with Crippen LogP contribution >= 0.6 is 11.6 Å². The Balaban J connectivity index is 1.70. The maximum atomic E-state index is 13.2. The molecule has 1 aliphatic carbocycles. The smallest absolute Gasteiger partial charge is 0.226 e. The number of alkyl halides is 1. The molecule has 2 aliphatic rings. The first-order valence-electron chi connectivity index (χ1n) is 7.91. The second-order valence-electron chi connectivity index (χ2n) is 6.01. The van der Waals surface area contributed by atoms with Gasteiger partial charge in [0, 0.05) is 25.2 Å². The molecule has 0 unspecified atom stereocenters. The summed E-state index contributed by atoms with van der Waals surface area (Å²) in [5.41, 5.74) is 0. The summed E-state index contributed by atoms with van der Waals surface area (Å²) in [6.45, 7) is 1.38. The Morgan fingerprint density at radius 3 is 2.52 bits per heavy atom. The van der Waals surface area contributed by atoms with Gasteiger partial charge in [0.05, 0.1) is 0 Å². The quantitative estimate of drug-likeness (QED) is 0.862. The van der Waals surface area contributed by atoms with Gasteiger partial charge in [-0.15, -0.1) is 0 Å². The molecule has 1 aromatic heterocycles. The molecule has 1 aromatic rings. The highest BCUT2D eigenvalue weighted by molar-refractivity contribution is 6.29. The number of nitrogens with zero attached hydrogens (tertiary/aromatic N) is 3. The monoisotopic (exact) mass is 312 g/mol. The lowest BCUT2D eigenvalue weighted by molar-refractivity contribution is 0.276. The van der Waals surface area contributed by atoms with Crippen molar-refractivity contribution in [2.75, 3.05) is 23.3 Å². The number of piperidine rings is 1. The number of rotatable bonds is 3. The first-order chi connectivity index (χ1) is 10.2. The van der Waals surface area contributed by atoms with Gasteiger partial charge in [-0.05, 0) is 25.7 Å². The van der Waals surface area contributed by atoms with E-state index in [9.17, 15) is 4.39 Å². The van der Waals surface area contributed by atoms with Crippen molar-refractivity contribution in [2.24, 2.45) is 0 Å². The summed E-state index contributed by atoms with van der Waals surface area (Å²) in [6, 6.07) is 2.22. The highest BCUT2D eigenvalue weighted by Crippen LogP contribution is 2.25. The Labute approximate surface area is 130 Å². The predicted octanol–water partition coefficient (Wildman–Crippen LogP) is 3.81. The van der Waals surface area contributed by atoms with Crippen LogP contribution in [-0.4, -0.2) is 35.3 Å². The van der Waals surface area contributed by atoms with E-state index in [1.165, 1.54) is 32.1 Å². The van der Waals surface area contributed by atoms with E-state index >= 15 is 0 Å². The molecule has 1 N–H and O–H groups in total. The molecule has 2 fully saturated rings. The Hall–Kier alpha value is -1.10. The van der Waals surface area contributed by atoms with E-state index in [2.05, 4.69) is 20.2 Å². The van der Waals surface area contributed by atoms with Gasteiger partial charge < -0.3 is 10.2 Å². The van der Waals surface area contributed by atoms with Crippen molar-refractivity contribution in [1.82, 2.24) is 9.97 Å². The molecule has 4 nitrogen and oxygen atoms in total. The van der Waals surface area contributed by atoms with Crippen molar-refractivity contribution in [1.29, 1.82) is 0 Å². The van der Waals surface area contributed by atoms with Gasteiger partial charge in [-0.25, -0.2) is 9.37 Å². The Bertz CT molecular complexity index is 471. The minimum absolute atomic E-state index is 0.445. The summed E-state index contributed by atoms with van der Waals surface area (Å²) in [7, 11) is 0. The molecule has 3 rings (SSSR count). The molecular weight excluding hydrogens is 291 g/mol. The van der Waals surface area contributed by atoms with Gasteiger partial charge in [0.15, 0.2) is 0 Å². The summed E-state index contributed by atoms with van der Waals surface area (Å²) >= 11 is 6.12. The lowest BCUT2D eigenvalue weighted by atomic mass is 9.96. The van der Waals surface area contributed by atoms with E-state index < -0.39 is 6.17 Å². The largest absolute Gasteiger partial charge is 0.356 e. The van der Waals surface area contributed by atoms with E-state index in [0.717, 1.165) is 5.82 Å². The zero-order chi connectivity index (χ0) is 14.7. The third-order valence-electron chi connectivity index (χ3n) is 4.37. The zero-order valence-corrected chi connectivity index (χ0v) is 12.9. The third kappa shape index (κ3) is 3.96. The number of nitrogens with one attached hydrogen (secondary N) is 1. The number of hydrogen-bond acceptors (Lipinski definition) is 4. The summed E-state index contributed by atoms with van der Waals surface area (Å²) in [6.07, 6.45) is 6.61. The van der Waals surface area contributed by atoms with Crippen molar-refractivity contribution in [3.63, 3.8) is 0 Å². The van der Waals surface area contributed by atoms with Crippen LogP contribution in [0, 0.1) is 0 Å². The van der Waals surface area contributed by atoms with Gasteiger partial charge in [-0.3, -0.25) is 0 Å². The molecule has 0 bridgehead atoms. The maximum absolute atomic E-state index is 13.2. The molecule has 0 radical (unpaired) electrons. The number of halogens is 2. The normalized spacial score (nSPS) is 21.5. The topological polar surface area (TPSA) is 41.1 Å². The van der Waals surface area contributed by atoms with Crippen LogP contribution in [0.25, 0.3) is 0 Å². The Kier molecular flexibility index (Phi) is 4.78. The molecule has 1 aliphatic heterocycles. The van der Waals surface area contributed by atoms with Crippen LogP contribution in [0.4, 0.5) is 16.2 Å². The van der Waals surface area contributed by atoms with Gasteiger partial charge in [0.1, 0.15) is 17.1 Å². The molecule has 2 heterocycles. The Morgan fingerprint density at radius 1 is 1.10 bits per heavy atom. The predicted molar refractivity (Wildman–Crippen MR) is 83.9 cm³/mol. The van der Waals surface area contributed by atoms with Crippen LogP contribution in [-0.2, 0) is 0 Å². The van der Waals surface area contributed by atoms with Crippen LogP contribution in [0.5, 0.6) is 0 Å². The standard InChI is InChI=1S/C15H22ClFN4/c16-13-10-14(21-8-6-11(17)7-9-21)20-15(19-13)18-12-4-2-1-3-5-12/h10-12H,1-9H2,(H,18,19,20). The van der Waals surface area contributed by atoms with Crippen molar-refractivity contribution in [2.45, 2.75) is 57.2 Å². The molecule has 0 spiro atoms. The molecule has 6 heteroatoms. The van der Waals surface area contributed by atoms with Gasteiger partial charge in [0.25, 0.3) is 0 Å². The van der Waals surface area contributed by atoms with Crippen LogP contribution in [0.2, 0.25) is 5.15 Å². The first-order valence-corrected chi connectivity index (χ1v) is 8.28. The lowest BCUT2D eigenvalue weighted by Crippen LogP contribution is -2.35. The van der Waals surface area contributed by atoms with Crippen LogP contribution in [0.1, 0.15) is 44.9 Å². The first kappa shape index (κ1) is 14.8. The maximum Gasteiger partial charge on any atom is 0.226 e. The fourth-order valence-corrected chi connectivity index (χ4v) is 3.32. The Morgan fingerprint density at radius 2 is 1.81 bits per heavy atom. The van der Waals surface area contributed by atoms with Crippen molar-refractivity contribution < 1.29 is 4.39 Å². The summed E-state index contributed by atoms with van der Waals surface area (Å²) in [4.78, 5) is 10.9. The second kappa shape index (κ2) is 6.77. The summed E-state index contributed by atoms with van der Waals surface area (Å²) in [5, 5.41) is 3.85. The molecule has 1 saturated heterocycles. The summed E-state index contributed by atoms with van der Waals surface area (Å²) in [5.74, 6) is 1.41. The van der Waals surface area contributed by atoms with Crippen LogP contribution in [0.3, 0.4) is 0 Å². The molecule has 0 aromatic carbocycles. The second-order valence-corrected chi connectivity index (χ2v) is 6.40. The highest BCUT2D eigenvalue weighted by Gasteiger charge is 2.21. The SMILES string of the molecule is FC1CCN(c2cc(Cl)nc(NC3CCCCC3)n2)CC1. The average Bonchev–Trinajstić information content (AvgIpc) is 2.48. The van der Waals surface area contributed by atoms with Gasteiger partial charge in [-0.2, -0.15) is 4.98 Å². The van der Waals surface area contributed by atoms with Gasteiger partial charge >= 0.3 is 0 Å². The molecule has 21 heavy (non-hydrogen) atoms. The van der Waals surface area contributed by atoms with Crippen molar-refractivity contribution in [3.8, 4) is 0 Å². The highest BCUT2D eigenvalue weighted by atomic mass is 35.5. The molecule has 1 saturated carbocycles.